The summed E-state index contributed by atoms with van der Waals surface area (Å²) in [7, 11) is 3.96. The smallest absolute Gasteiger partial charge is 0.222 e. The molecule has 1 aromatic carbocycles. The van der Waals surface area contributed by atoms with Crippen LogP contribution in [-0.4, -0.2) is 75.7 Å². The first-order chi connectivity index (χ1) is 17.9. The molecule has 3 aliphatic rings. The minimum absolute atomic E-state index is 0.283. The number of hydrogen-bond acceptors (Lipinski definition) is 4. The van der Waals surface area contributed by atoms with Crippen LogP contribution in [0.5, 0.6) is 0 Å². The number of hydrogen-bond donors (Lipinski definition) is 0. The van der Waals surface area contributed by atoms with Crippen LogP contribution >= 0.6 is 0 Å². The van der Waals surface area contributed by atoms with E-state index in [1.165, 1.54) is 62.1 Å². The van der Waals surface area contributed by atoms with E-state index < -0.39 is 0 Å². The van der Waals surface area contributed by atoms with E-state index in [1.54, 1.807) is 0 Å². The van der Waals surface area contributed by atoms with Crippen LogP contribution in [-0.2, 0) is 24.8 Å². The molecule has 37 heavy (non-hydrogen) atoms. The summed E-state index contributed by atoms with van der Waals surface area (Å²) in [6.07, 6.45) is 9.08. The van der Waals surface area contributed by atoms with Crippen LogP contribution in [0.25, 0.3) is 0 Å². The molecule has 2 aromatic rings. The second-order valence-corrected chi connectivity index (χ2v) is 11.9. The maximum absolute atomic E-state index is 13.1. The van der Waals surface area contributed by atoms with E-state index in [-0.39, 0.29) is 5.91 Å². The molecule has 0 radical (unpaired) electrons. The average Bonchev–Trinajstić information content (AvgIpc) is 3.15. The number of likely N-dealkylation sites (N-methyl/N-ethyl adjacent to an activating group) is 1. The van der Waals surface area contributed by atoms with Crippen molar-refractivity contribution in [1.82, 2.24) is 24.5 Å². The van der Waals surface area contributed by atoms with Crippen LogP contribution in [0.3, 0.4) is 0 Å². The highest BCUT2D eigenvalue weighted by atomic mass is 16.2. The van der Waals surface area contributed by atoms with Gasteiger partial charge < -0.3 is 4.90 Å². The fourth-order valence-electron chi connectivity index (χ4n) is 7.72. The number of aromatic nitrogens is 2. The summed E-state index contributed by atoms with van der Waals surface area (Å²) in [5, 5.41) is 4.53. The number of amides is 1. The highest BCUT2D eigenvalue weighted by Crippen LogP contribution is 2.43. The van der Waals surface area contributed by atoms with Gasteiger partial charge in [0.2, 0.25) is 5.91 Å². The Kier molecular flexibility index (Phi) is 8.35. The Morgan fingerprint density at radius 1 is 1.11 bits per heavy atom. The molecule has 6 nitrogen and oxygen atoms in total. The molecular weight excluding hydrogens is 458 g/mol. The molecule has 1 aromatic heterocycles. The van der Waals surface area contributed by atoms with Gasteiger partial charge in [-0.25, -0.2) is 0 Å². The summed E-state index contributed by atoms with van der Waals surface area (Å²) >= 11 is 0. The van der Waals surface area contributed by atoms with Crippen LogP contribution in [0.1, 0.15) is 67.5 Å². The third-order valence-corrected chi connectivity index (χ3v) is 9.68. The number of carbonyl (C=O) groups excluding carboxylic acids is 1. The fourth-order valence-corrected chi connectivity index (χ4v) is 7.72. The van der Waals surface area contributed by atoms with Crippen LogP contribution in [0.4, 0.5) is 0 Å². The Balaban J connectivity index is 1.20. The highest BCUT2D eigenvalue weighted by Gasteiger charge is 2.48. The van der Waals surface area contributed by atoms with Gasteiger partial charge >= 0.3 is 0 Å². The number of nitrogens with zero attached hydrogens (tertiary/aromatic N) is 5. The molecule has 1 amide bonds. The zero-order valence-electron chi connectivity index (χ0n) is 23.5. The van der Waals surface area contributed by atoms with Crippen molar-refractivity contribution >= 4 is 5.91 Å². The SMILES string of the molecule is Cc1nn(C)c(C)c1CCN(C)C(=O)CCC[C@@H]1[C@H]2CCCN3CCC[C@@H](CN1Cc1ccccc1)[C@@H]23. The quantitative estimate of drug-likeness (QED) is 0.500. The Morgan fingerprint density at radius 3 is 2.59 bits per heavy atom. The van der Waals surface area contributed by atoms with E-state index >= 15 is 0 Å². The van der Waals surface area contributed by atoms with Crippen molar-refractivity contribution in [2.45, 2.75) is 83.8 Å². The number of likely N-dealkylation sites (tertiary alicyclic amines) is 1. The van der Waals surface area contributed by atoms with Crippen molar-refractivity contribution in [3.63, 3.8) is 0 Å². The van der Waals surface area contributed by atoms with Gasteiger partial charge in [0.05, 0.1) is 5.69 Å². The molecule has 0 N–H and O–H groups in total. The zero-order chi connectivity index (χ0) is 25.9. The summed E-state index contributed by atoms with van der Waals surface area (Å²) < 4.78 is 1.95. The van der Waals surface area contributed by atoms with Crippen LogP contribution < -0.4 is 0 Å². The molecule has 3 aliphatic heterocycles. The molecule has 0 unspecified atom stereocenters. The molecule has 5 rings (SSSR count). The normalized spacial score (nSPS) is 26.2. The Morgan fingerprint density at radius 2 is 1.86 bits per heavy atom. The van der Waals surface area contributed by atoms with Gasteiger partial charge in [-0.05, 0) is 94.8 Å². The predicted octanol–water partition coefficient (Wildman–Crippen LogP) is 4.58. The third kappa shape index (κ3) is 5.80. The summed E-state index contributed by atoms with van der Waals surface area (Å²) in [6.45, 7) is 9.80. The van der Waals surface area contributed by atoms with Crippen LogP contribution in [0.2, 0.25) is 0 Å². The van der Waals surface area contributed by atoms with Crippen LogP contribution in [0, 0.1) is 25.7 Å². The minimum atomic E-state index is 0.283. The molecule has 0 aliphatic carbocycles. The van der Waals surface area contributed by atoms with Gasteiger partial charge in [-0.1, -0.05) is 30.3 Å². The van der Waals surface area contributed by atoms with Gasteiger partial charge in [-0.2, -0.15) is 5.10 Å². The summed E-state index contributed by atoms with van der Waals surface area (Å²) in [4.78, 5) is 20.7. The molecule has 4 atom stereocenters. The van der Waals surface area contributed by atoms with E-state index in [0.29, 0.717) is 12.5 Å². The lowest BCUT2D eigenvalue weighted by atomic mass is 9.69. The lowest BCUT2D eigenvalue weighted by molar-refractivity contribution is -0.130. The van der Waals surface area contributed by atoms with E-state index in [4.69, 9.17) is 0 Å². The molecule has 3 saturated heterocycles. The zero-order valence-corrected chi connectivity index (χ0v) is 23.5. The third-order valence-electron chi connectivity index (χ3n) is 9.68. The topological polar surface area (TPSA) is 44.6 Å². The van der Waals surface area contributed by atoms with Gasteiger partial charge in [0.1, 0.15) is 0 Å². The van der Waals surface area contributed by atoms with Crippen LogP contribution in [0.15, 0.2) is 30.3 Å². The molecule has 0 spiro atoms. The maximum Gasteiger partial charge on any atom is 0.222 e. The van der Waals surface area contributed by atoms with Gasteiger partial charge in [0.15, 0.2) is 0 Å². The Hall–Kier alpha value is -2.18. The van der Waals surface area contributed by atoms with E-state index in [2.05, 4.69) is 59.1 Å². The summed E-state index contributed by atoms with van der Waals surface area (Å²) in [6, 6.07) is 12.4. The molecule has 0 saturated carbocycles. The largest absolute Gasteiger partial charge is 0.345 e. The van der Waals surface area contributed by atoms with Gasteiger partial charge in [-0.3, -0.25) is 19.3 Å². The molecule has 202 valence electrons. The molecule has 6 heteroatoms. The van der Waals surface area contributed by atoms with Crippen molar-refractivity contribution in [3.05, 3.63) is 52.8 Å². The predicted molar refractivity (Wildman–Crippen MR) is 149 cm³/mol. The van der Waals surface area contributed by atoms with Crippen molar-refractivity contribution in [3.8, 4) is 0 Å². The van der Waals surface area contributed by atoms with Gasteiger partial charge in [0.25, 0.3) is 0 Å². The Bertz CT molecular complexity index is 1050. The minimum Gasteiger partial charge on any atom is -0.345 e. The van der Waals surface area contributed by atoms with E-state index in [9.17, 15) is 4.79 Å². The van der Waals surface area contributed by atoms with Crippen molar-refractivity contribution in [1.29, 1.82) is 0 Å². The maximum atomic E-state index is 13.1. The first-order valence-corrected chi connectivity index (χ1v) is 14.7. The first kappa shape index (κ1) is 26.4. The van der Waals surface area contributed by atoms with Crippen molar-refractivity contribution in [2.75, 3.05) is 33.2 Å². The van der Waals surface area contributed by atoms with Crippen molar-refractivity contribution in [2.24, 2.45) is 18.9 Å². The summed E-state index contributed by atoms with van der Waals surface area (Å²) in [5.74, 6) is 1.84. The highest BCUT2D eigenvalue weighted by molar-refractivity contribution is 5.75. The molecule has 0 bridgehead atoms. The van der Waals surface area contributed by atoms with Crippen molar-refractivity contribution < 1.29 is 4.79 Å². The number of benzene rings is 1. The lowest BCUT2D eigenvalue weighted by Crippen LogP contribution is -2.64. The first-order valence-electron chi connectivity index (χ1n) is 14.7. The number of piperidine rings is 3. The molecule has 4 heterocycles. The van der Waals surface area contributed by atoms with E-state index in [1.807, 2.05) is 23.7 Å². The molecular formula is C31H47N5O. The average molecular weight is 506 g/mol. The second-order valence-electron chi connectivity index (χ2n) is 11.9. The standard InChI is InChI=1S/C31H47N5O/c1-23-27(24(2)34(4)32-23)17-20-33(3)30(37)16-8-15-29-28-14-10-19-35-18-9-13-26(31(28)35)22-36(29)21-25-11-6-5-7-12-25/h5-7,11-12,26,28-29,31H,8-10,13-22H2,1-4H3/t26-,28+,29+,31-/m0/s1. The number of rotatable bonds is 9. The number of carbonyl (C=O) groups is 1. The second kappa shape index (κ2) is 11.7. The summed E-state index contributed by atoms with van der Waals surface area (Å²) in [5.41, 5.74) is 4.99. The van der Waals surface area contributed by atoms with E-state index in [0.717, 1.165) is 55.9 Å². The van der Waals surface area contributed by atoms with Gasteiger partial charge in [-0.15, -0.1) is 0 Å². The van der Waals surface area contributed by atoms with Gasteiger partial charge in [0, 0.05) is 57.9 Å². The molecule has 3 fully saturated rings. The lowest BCUT2D eigenvalue weighted by Gasteiger charge is -2.57. The fraction of sp³-hybridized carbons (Fsp3) is 0.677. The Labute approximate surface area is 224 Å². The monoisotopic (exact) mass is 505 g/mol. The number of aryl methyl sites for hydroxylation is 2.